The van der Waals surface area contributed by atoms with Crippen LogP contribution in [0.1, 0.15) is 67.2 Å². The van der Waals surface area contributed by atoms with Crippen molar-refractivity contribution < 1.29 is 19.1 Å². The maximum absolute atomic E-state index is 14.4. The summed E-state index contributed by atoms with van der Waals surface area (Å²) in [6.07, 6.45) is 7.95. The van der Waals surface area contributed by atoms with E-state index >= 15 is 0 Å². The topological polar surface area (TPSA) is 81.7 Å². The predicted octanol–water partition coefficient (Wildman–Crippen LogP) is 4.96. The van der Waals surface area contributed by atoms with Crippen molar-refractivity contribution in [1.29, 1.82) is 0 Å². The van der Waals surface area contributed by atoms with Crippen molar-refractivity contribution in [2.24, 2.45) is 0 Å². The number of anilines is 2. The number of carbonyl (C=O) groups is 2. The molecule has 3 N–H and O–H groups in total. The van der Waals surface area contributed by atoms with Crippen LogP contribution in [0, 0.1) is 12.7 Å². The van der Waals surface area contributed by atoms with Crippen LogP contribution in [0.4, 0.5) is 15.8 Å². The Morgan fingerprint density at radius 1 is 1.09 bits per heavy atom. The first kappa shape index (κ1) is 25.0. The van der Waals surface area contributed by atoms with Gasteiger partial charge in [-0.3, -0.25) is 9.59 Å². The first-order valence-corrected chi connectivity index (χ1v) is 12.8. The van der Waals surface area contributed by atoms with Crippen LogP contribution < -0.4 is 15.5 Å². The lowest BCUT2D eigenvalue weighted by Crippen LogP contribution is -2.44. The molecule has 2 aromatic carbocycles. The molecule has 0 unspecified atom stereocenters. The zero-order valence-electron chi connectivity index (χ0n) is 20.5. The molecule has 1 aliphatic carbocycles. The Balaban J connectivity index is 1.42. The Morgan fingerprint density at radius 2 is 1.86 bits per heavy atom. The van der Waals surface area contributed by atoms with Crippen molar-refractivity contribution in [3.05, 3.63) is 58.4 Å². The van der Waals surface area contributed by atoms with E-state index in [1.165, 1.54) is 30.9 Å². The van der Waals surface area contributed by atoms with Gasteiger partial charge < -0.3 is 20.6 Å². The molecule has 0 atom stereocenters. The number of hydrogen-bond donors (Lipinski definition) is 3. The van der Waals surface area contributed by atoms with Gasteiger partial charge in [0.1, 0.15) is 5.82 Å². The Bertz CT molecular complexity index is 1070. The van der Waals surface area contributed by atoms with Crippen LogP contribution in [-0.4, -0.2) is 36.1 Å². The van der Waals surface area contributed by atoms with Crippen LogP contribution in [0.25, 0.3) is 0 Å². The number of benzene rings is 2. The average Bonchev–Trinajstić information content (AvgIpc) is 2.83. The number of nitrogens with one attached hydrogen (secondary N) is 2. The van der Waals surface area contributed by atoms with Gasteiger partial charge >= 0.3 is 5.97 Å². The molecule has 6 nitrogen and oxygen atoms in total. The molecular weight excluding hydrogens is 445 g/mol. The SMILES string of the molecule is Cc1c(CNc2ccc(CCC(=O)O)c(F)c2)ccc2c1N(CC(=O)NC1CCCCC1)CCC2. The van der Waals surface area contributed by atoms with E-state index in [1.807, 2.05) is 0 Å². The summed E-state index contributed by atoms with van der Waals surface area (Å²) >= 11 is 0. The van der Waals surface area contributed by atoms with Gasteiger partial charge in [-0.2, -0.15) is 0 Å². The van der Waals surface area contributed by atoms with Crippen LogP contribution in [0.5, 0.6) is 0 Å². The molecule has 4 rings (SSSR count). The fourth-order valence-corrected chi connectivity index (χ4v) is 5.35. The van der Waals surface area contributed by atoms with E-state index in [0.29, 0.717) is 30.4 Å². The molecule has 0 bridgehead atoms. The second-order valence-corrected chi connectivity index (χ2v) is 9.84. The van der Waals surface area contributed by atoms with E-state index in [1.54, 1.807) is 12.1 Å². The van der Waals surface area contributed by atoms with Crippen molar-refractivity contribution in [2.45, 2.75) is 77.3 Å². The summed E-state index contributed by atoms with van der Waals surface area (Å²) < 4.78 is 14.4. The molecular formula is C28H36FN3O3. The zero-order chi connectivity index (χ0) is 24.8. The number of nitrogens with zero attached hydrogens (tertiary/aromatic N) is 1. The highest BCUT2D eigenvalue weighted by molar-refractivity contribution is 5.83. The van der Waals surface area contributed by atoms with Gasteiger partial charge in [-0.1, -0.05) is 37.5 Å². The average molecular weight is 482 g/mol. The summed E-state index contributed by atoms with van der Waals surface area (Å²) in [5, 5.41) is 15.4. The number of aliphatic carboxylic acids is 1. The number of halogens is 1. The predicted molar refractivity (Wildman–Crippen MR) is 136 cm³/mol. The monoisotopic (exact) mass is 481 g/mol. The van der Waals surface area contributed by atoms with Crippen LogP contribution in [0.2, 0.25) is 0 Å². The van der Waals surface area contributed by atoms with Gasteiger partial charge in [0.2, 0.25) is 5.91 Å². The molecule has 35 heavy (non-hydrogen) atoms. The van der Waals surface area contributed by atoms with E-state index in [0.717, 1.165) is 49.0 Å². The summed E-state index contributed by atoms with van der Waals surface area (Å²) in [6, 6.07) is 9.44. The molecule has 0 spiro atoms. The molecule has 2 aromatic rings. The molecule has 1 aliphatic heterocycles. The van der Waals surface area contributed by atoms with Crippen molar-refractivity contribution in [3.63, 3.8) is 0 Å². The number of carbonyl (C=O) groups excluding carboxylic acids is 1. The van der Waals surface area contributed by atoms with Gasteiger partial charge in [-0.25, -0.2) is 4.39 Å². The second-order valence-electron chi connectivity index (χ2n) is 9.84. The smallest absolute Gasteiger partial charge is 0.303 e. The highest BCUT2D eigenvalue weighted by Gasteiger charge is 2.24. The fourth-order valence-electron chi connectivity index (χ4n) is 5.35. The number of carboxylic acid groups (broad SMARTS) is 1. The minimum absolute atomic E-state index is 0.0901. The summed E-state index contributed by atoms with van der Waals surface area (Å²) in [5.41, 5.74) is 5.76. The molecule has 0 saturated heterocycles. The quantitative estimate of drug-likeness (QED) is 0.471. The highest BCUT2D eigenvalue weighted by Crippen LogP contribution is 2.33. The van der Waals surface area contributed by atoms with Crippen molar-refractivity contribution in [1.82, 2.24) is 5.32 Å². The third-order valence-electron chi connectivity index (χ3n) is 7.27. The van der Waals surface area contributed by atoms with Crippen LogP contribution in [-0.2, 0) is 29.0 Å². The summed E-state index contributed by atoms with van der Waals surface area (Å²) in [5.74, 6) is -1.23. The lowest BCUT2D eigenvalue weighted by molar-refractivity contribution is -0.137. The number of fused-ring (bicyclic) bond motifs is 1. The van der Waals surface area contributed by atoms with E-state index in [-0.39, 0.29) is 18.7 Å². The van der Waals surface area contributed by atoms with Gasteiger partial charge in [0.05, 0.1) is 6.54 Å². The second kappa shape index (κ2) is 11.6. The molecule has 0 aromatic heterocycles. The first-order chi connectivity index (χ1) is 16.9. The van der Waals surface area contributed by atoms with Crippen molar-refractivity contribution in [2.75, 3.05) is 23.3 Å². The maximum atomic E-state index is 14.4. The van der Waals surface area contributed by atoms with E-state index in [2.05, 4.69) is 34.6 Å². The maximum Gasteiger partial charge on any atom is 0.303 e. The molecule has 2 aliphatic rings. The number of rotatable bonds is 9. The van der Waals surface area contributed by atoms with Crippen molar-refractivity contribution >= 4 is 23.3 Å². The summed E-state index contributed by atoms with van der Waals surface area (Å²) in [7, 11) is 0. The number of carboxylic acids is 1. The Morgan fingerprint density at radius 3 is 2.60 bits per heavy atom. The molecule has 1 amide bonds. The summed E-state index contributed by atoms with van der Waals surface area (Å²) in [4.78, 5) is 25.8. The van der Waals surface area contributed by atoms with E-state index in [9.17, 15) is 14.0 Å². The first-order valence-electron chi connectivity index (χ1n) is 12.8. The number of aryl methyl sites for hydroxylation is 2. The lowest BCUT2D eigenvalue weighted by Gasteiger charge is -2.34. The zero-order valence-corrected chi connectivity index (χ0v) is 20.5. The van der Waals surface area contributed by atoms with Gasteiger partial charge in [0.15, 0.2) is 0 Å². The third kappa shape index (κ3) is 6.53. The minimum atomic E-state index is -0.935. The molecule has 188 valence electrons. The molecule has 1 heterocycles. The summed E-state index contributed by atoms with van der Waals surface area (Å²) in [6.45, 7) is 3.88. The number of hydrogen-bond acceptors (Lipinski definition) is 4. The third-order valence-corrected chi connectivity index (χ3v) is 7.27. The van der Waals surface area contributed by atoms with E-state index in [4.69, 9.17) is 5.11 Å². The lowest BCUT2D eigenvalue weighted by atomic mass is 9.94. The minimum Gasteiger partial charge on any atom is -0.481 e. The molecule has 1 saturated carbocycles. The van der Waals surface area contributed by atoms with Gasteiger partial charge in [-0.15, -0.1) is 0 Å². The Labute approximate surface area is 206 Å². The van der Waals surface area contributed by atoms with Gasteiger partial charge in [0, 0.05) is 36.9 Å². The fraction of sp³-hybridized carbons (Fsp3) is 0.500. The molecule has 0 radical (unpaired) electrons. The van der Waals surface area contributed by atoms with Gasteiger partial charge in [-0.05, 0) is 73.4 Å². The van der Waals surface area contributed by atoms with Crippen LogP contribution in [0.3, 0.4) is 0 Å². The molecule has 1 fully saturated rings. The van der Waals surface area contributed by atoms with Crippen LogP contribution >= 0.6 is 0 Å². The Hall–Kier alpha value is -3.09. The van der Waals surface area contributed by atoms with Crippen molar-refractivity contribution in [3.8, 4) is 0 Å². The highest BCUT2D eigenvalue weighted by atomic mass is 19.1. The standard InChI is InChI=1S/C28H36FN3O3/c1-19-22(17-30-24-13-11-20(25(29)16-24)12-14-27(34)35)10-9-21-6-5-15-32(28(19)21)18-26(33)31-23-7-3-2-4-8-23/h9-11,13,16,23,30H,2-8,12,14-15,17-18H2,1H3,(H,31,33)(H,34,35). The Kier molecular flexibility index (Phi) is 8.26. The van der Waals surface area contributed by atoms with E-state index < -0.39 is 11.8 Å². The largest absolute Gasteiger partial charge is 0.481 e. The van der Waals surface area contributed by atoms with Crippen LogP contribution in [0.15, 0.2) is 30.3 Å². The number of amides is 1. The molecule has 7 heteroatoms. The normalized spacial score (nSPS) is 16.0. The van der Waals surface area contributed by atoms with Gasteiger partial charge in [0.25, 0.3) is 0 Å².